The van der Waals surface area contributed by atoms with Gasteiger partial charge in [-0.05, 0) is 50.5 Å². The number of aliphatic hydroxyl groups is 1. The van der Waals surface area contributed by atoms with Gasteiger partial charge in [-0.3, -0.25) is 9.59 Å². The Bertz CT molecular complexity index is 1340. The molecule has 0 aliphatic carbocycles. The molecule has 3 N–H and O–H groups in total. The van der Waals surface area contributed by atoms with Gasteiger partial charge in [-0.25, -0.2) is 4.79 Å². The van der Waals surface area contributed by atoms with E-state index in [2.05, 4.69) is 9.97 Å². The van der Waals surface area contributed by atoms with Gasteiger partial charge in [-0.2, -0.15) is 0 Å². The summed E-state index contributed by atoms with van der Waals surface area (Å²) in [5.41, 5.74) is 4.38. The summed E-state index contributed by atoms with van der Waals surface area (Å²) >= 11 is 0. The van der Waals surface area contributed by atoms with Gasteiger partial charge < -0.3 is 28.6 Å². The first kappa shape index (κ1) is 21.1. The summed E-state index contributed by atoms with van der Waals surface area (Å²) in [6.07, 6.45) is 6.92. The summed E-state index contributed by atoms with van der Waals surface area (Å²) < 4.78 is 8.20. The Morgan fingerprint density at radius 1 is 1.00 bits per heavy atom. The van der Waals surface area contributed by atoms with Crippen LogP contribution in [0.2, 0.25) is 0 Å². The van der Waals surface area contributed by atoms with Crippen LogP contribution in [0.25, 0.3) is 11.0 Å². The second kappa shape index (κ2) is 8.42. The Kier molecular flexibility index (Phi) is 5.93. The zero-order chi connectivity index (χ0) is 22.0. The van der Waals surface area contributed by atoms with Gasteiger partial charge in [0, 0.05) is 24.8 Å². The molecule has 30 heavy (non-hydrogen) atoms. The Morgan fingerprint density at radius 3 is 2.37 bits per heavy atom. The maximum atomic E-state index is 11.7. The van der Waals surface area contributed by atoms with Crippen LogP contribution in [0.3, 0.4) is 0 Å². The highest BCUT2D eigenvalue weighted by Crippen LogP contribution is 2.13. The van der Waals surface area contributed by atoms with Gasteiger partial charge >= 0.3 is 5.97 Å². The van der Waals surface area contributed by atoms with Crippen molar-refractivity contribution < 1.29 is 14.6 Å². The van der Waals surface area contributed by atoms with E-state index in [1.807, 2.05) is 33.0 Å². The average Bonchev–Trinajstić information content (AvgIpc) is 3.22. The molecule has 0 unspecified atom stereocenters. The number of nitrogens with one attached hydrogen (secondary N) is 2. The normalized spacial score (nSPS) is 10.8. The van der Waals surface area contributed by atoms with E-state index in [1.54, 1.807) is 34.3 Å². The molecule has 4 aromatic heterocycles. The molecule has 0 spiro atoms. The molecule has 4 rings (SSSR count). The highest BCUT2D eigenvalue weighted by atomic mass is 16.5. The number of carbonyl (C=O) groups is 1. The van der Waals surface area contributed by atoms with Crippen LogP contribution < -0.4 is 11.1 Å². The molecule has 0 aromatic carbocycles. The second-order valence-corrected chi connectivity index (χ2v) is 6.93. The van der Waals surface area contributed by atoms with E-state index >= 15 is 0 Å². The van der Waals surface area contributed by atoms with Crippen LogP contribution in [0.4, 0.5) is 0 Å². The molecule has 9 heteroatoms. The number of aliphatic hydroxyl groups excluding tert-OH is 1. The Labute approximate surface area is 171 Å². The third kappa shape index (κ3) is 3.92. The lowest BCUT2D eigenvalue weighted by Crippen LogP contribution is -2.17. The molecule has 4 aromatic rings. The fraction of sp³-hybridized carbons (Fsp3) is 0.286. The van der Waals surface area contributed by atoms with Crippen LogP contribution in [0, 0.1) is 20.8 Å². The standard InChI is InChI=1S/C11H12N2O3.C10H12N2O2/c1-3-16-11(15)8-6-13-5-4-7(2)9(13)10(14)12-8;1-6-3-12-4-8(5-13)11-10(14)9(12)7(6)2/h4-6H,3H2,1-2H3,(H,12,14);3-4,13H,5H2,1-2H3,(H,11,14). The molecule has 0 aliphatic heterocycles. The Hall–Kier alpha value is -3.59. The number of hydrogen-bond donors (Lipinski definition) is 3. The number of aromatic nitrogens is 4. The van der Waals surface area contributed by atoms with Crippen molar-refractivity contribution in [2.45, 2.75) is 34.3 Å². The number of fused-ring (bicyclic) bond motifs is 2. The van der Waals surface area contributed by atoms with E-state index < -0.39 is 5.97 Å². The van der Waals surface area contributed by atoms with Crippen LogP contribution in [-0.4, -0.2) is 36.5 Å². The fourth-order valence-electron chi connectivity index (χ4n) is 3.24. The molecule has 158 valence electrons. The van der Waals surface area contributed by atoms with Gasteiger partial charge in [0.15, 0.2) is 0 Å². The molecule has 0 aliphatic rings. The van der Waals surface area contributed by atoms with Gasteiger partial charge in [0.2, 0.25) is 0 Å². The minimum atomic E-state index is -0.521. The van der Waals surface area contributed by atoms with Crippen molar-refractivity contribution >= 4 is 17.0 Å². The van der Waals surface area contributed by atoms with Crippen molar-refractivity contribution in [2.24, 2.45) is 0 Å². The van der Waals surface area contributed by atoms with Crippen molar-refractivity contribution in [1.29, 1.82) is 0 Å². The molecule has 0 bridgehead atoms. The first-order chi connectivity index (χ1) is 14.3. The first-order valence-electron chi connectivity index (χ1n) is 9.45. The maximum absolute atomic E-state index is 11.7. The zero-order valence-corrected chi connectivity index (χ0v) is 17.3. The van der Waals surface area contributed by atoms with Gasteiger partial charge in [-0.15, -0.1) is 0 Å². The van der Waals surface area contributed by atoms with Gasteiger partial charge in [0.1, 0.15) is 16.7 Å². The van der Waals surface area contributed by atoms with Crippen LogP contribution >= 0.6 is 0 Å². The smallest absolute Gasteiger partial charge is 0.356 e. The Balaban J connectivity index is 0.000000172. The summed E-state index contributed by atoms with van der Waals surface area (Å²) in [5, 5.41) is 8.91. The predicted octanol–water partition coefficient (Wildman–Crippen LogP) is 1.85. The number of carbonyl (C=O) groups excluding carboxylic acids is 1. The number of esters is 1. The lowest BCUT2D eigenvalue weighted by Gasteiger charge is -2.02. The van der Waals surface area contributed by atoms with Gasteiger partial charge in [0.25, 0.3) is 11.1 Å². The molecule has 4 heterocycles. The van der Waals surface area contributed by atoms with Crippen molar-refractivity contribution in [3.8, 4) is 0 Å². The van der Waals surface area contributed by atoms with Crippen molar-refractivity contribution in [2.75, 3.05) is 6.61 Å². The quantitative estimate of drug-likeness (QED) is 0.444. The van der Waals surface area contributed by atoms with E-state index in [0.717, 1.165) is 16.7 Å². The number of aromatic amines is 2. The lowest BCUT2D eigenvalue weighted by molar-refractivity contribution is 0.0518. The molecule has 0 saturated heterocycles. The number of rotatable bonds is 3. The Morgan fingerprint density at radius 2 is 1.70 bits per heavy atom. The number of ether oxygens (including phenoxy) is 1. The topological polar surface area (TPSA) is 121 Å². The predicted molar refractivity (Wildman–Crippen MR) is 112 cm³/mol. The fourth-order valence-corrected chi connectivity index (χ4v) is 3.24. The largest absolute Gasteiger partial charge is 0.461 e. The molecular formula is C21H24N4O5. The van der Waals surface area contributed by atoms with Gasteiger partial charge in [0.05, 0.1) is 18.9 Å². The zero-order valence-electron chi connectivity index (χ0n) is 17.3. The molecule has 9 nitrogen and oxygen atoms in total. The number of nitrogens with zero attached hydrogens (tertiary/aromatic N) is 2. The lowest BCUT2D eigenvalue weighted by atomic mass is 10.2. The van der Waals surface area contributed by atoms with E-state index in [9.17, 15) is 14.4 Å². The van der Waals surface area contributed by atoms with E-state index in [-0.39, 0.29) is 30.0 Å². The average molecular weight is 412 g/mol. The summed E-state index contributed by atoms with van der Waals surface area (Å²) in [6.45, 7) is 7.56. The summed E-state index contributed by atoms with van der Waals surface area (Å²) in [7, 11) is 0. The minimum Gasteiger partial charge on any atom is -0.461 e. The highest BCUT2D eigenvalue weighted by molar-refractivity contribution is 5.87. The second-order valence-electron chi connectivity index (χ2n) is 6.93. The SMILES string of the molecule is CCOC(=O)c1cn2ccc(C)c2c(=O)[nH]1.Cc1cn2cc(CO)[nH]c(=O)c2c1C. The monoisotopic (exact) mass is 412 g/mol. The molecule has 0 atom stereocenters. The third-order valence-electron chi connectivity index (χ3n) is 4.84. The van der Waals surface area contributed by atoms with Crippen molar-refractivity contribution in [3.63, 3.8) is 0 Å². The summed E-state index contributed by atoms with van der Waals surface area (Å²) in [4.78, 5) is 39.9. The van der Waals surface area contributed by atoms with Crippen LogP contribution in [0.1, 0.15) is 39.8 Å². The minimum absolute atomic E-state index is 0.151. The first-order valence-corrected chi connectivity index (χ1v) is 9.45. The van der Waals surface area contributed by atoms with E-state index in [4.69, 9.17) is 9.84 Å². The maximum Gasteiger partial charge on any atom is 0.356 e. The van der Waals surface area contributed by atoms with E-state index in [1.165, 1.54) is 0 Å². The van der Waals surface area contributed by atoms with Crippen LogP contribution in [-0.2, 0) is 11.3 Å². The van der Waals surface area contributed by atoms with E-state index in [0.29, 0.717) is 16.7 Å². The third-order valence-corrected chi connectivity index (χ3v) is 4.84. The molecule has 0 radical (unpaired) electrons. The molecular weight excluding hydrogens is 388 g/mol. The summed E-state index contributed by atoms with van der Waals surface area (Å²) in [6, 6.07) is 1.82. The number of H-pyrrole nitrogens is 2. The number of aryl methyl sites for hydroxylation is 3. The number of hydrogen-bond acceptors (Lipinski definition) is 5. The van der Waals surface area contributed by atoms with Gasteiger partial charge in [-0.1, -0.05) is 0 Å². The van der Waals surface area contributed by atoms with Crippen molar-refractivity contribution in [1.82, 2.24) is 18.8 Å². The van der Waals surface area contributed by atoms with Crippen LogP contribution in [0.5, 0.6) is 0 Å². The van der Waals surface area contributed by atoms with Crippen molar-refractivity contribution in [3.05, 3.63) is 79.6 Å². The van der Waals surface area contributed by atoms with Crippen LogP contribution in [0.15, 0.2) is 40.4 Å². The molecule has 0 amide bonds. The highest BCUT2D eigenvalue weighted by Gasteiger charge is 2.11. The molecule has 0 fully saturated rings. The summed E-state index contributed by atoms with van der Waals surface area (Å²) in [5.74, 6) is -0.521. The molecule has 0 saturated carbocycles.